The van der Waals surface area contributed by atoms with E-state index in [0.717, 1.165) is 6.42 Å². The number of halogens is 3. The Kier molecular flexibility index (Phi) is 3.79. The zero-order chi connectivity index (χ0) is 16.1. The van der Waals surface area contributed by atoms with Gasteiger partial charge in [-0.3, -0.25) is 4.79 Å². The van der Waals surface area contributed by atoms with Crippen LogP contribution in [0.3, 0.4) is 0 Å². The molecule has 0 radical (unpaired) electrons. The summed E-state index contributed by atoms with van der Waals surface area (Å²) in [5.74, 6) is -5.05. The fourth-order valence-corrected chi connectivity index (χ4v) is 6.14. The van der Waals surface area contributed by atoms with Crippen molar-refractivity contribution in [2.75, 3.05) is 0 Å². The van der Waals surface area contributed by atoms with Crippen molar-refractivity contribution in [1.82, 2.24) is 0 Å². The van der Waals surface area contributed by atoms with Gasteiger partial charge in [-0.2, -0.15) is 0 Å². The maximum Gasteiger partial charge on any atom is 0.171 e. The van der Waals surface area contributed by atoms with E-state index in [0.29, 0.717) is 25.0 Å². The van der Waals surface area contributed by atoms with E-state index in [1.54, 1.807) is 0 Å². The van der Waals surface area contributed by atoms with E-state index < -0.39 is 55.1 Å². The molecule has 1 aromatic carbocycles. The molecule has 2 unspecified atom stereocenters. The minimum atomic E-state index is -3.24. The van der Waals surface area contributed by atoms with Crippen molar-refractivity contribution in [3.8, 4) is 0 Å². The number of ketones is 1. The fourth-order valence-electron chi connectivity index (χ4n) is 3.60. The third kappa shape index (κ3) is 2.45. The molecule has 0 spiro atoms. The normalized spacial score (nSPS) is 30.0. The highest BCUT2D eigenvalue weighted by molar-refractivity contribution is 7.92. The Bertz CT molecular complexity index is 687. The van der Waals surface area contributed by atoms with Gasteiger partial charge < -0.3 is 0 Å². The van der Waals surface area contributed by atoms with Gasteiger partial charge >= 0.3 is 0 Å². The van der Waals surface area contributed by atoms with Gasteiger partial charge in [0, 0.05) is 18.1 Å². The minimum absolute atomic E-state index is 0.0912. The number of hydrogen-bond donors (Lipinski definition) is 0. The molecule has 2 aliphatic heterocycles. The molecule has 22 heavy (non-hydrogen) atoms. The molecule has 2 heterocycles. The van der Waals surface area contributed by atoms with Gasteiger partial charge in [-0.25, -0.2) is 21.6 Å². The summed E-state index contributed by atoms with van der Waals surface area (Å²) in [5.41, 5.74) is -0.760. The van der Waals surface area contributed by atoms with E-state index in [1.165, 1.54) is 0 Å². The lowest BCUT2D eigenvalue weighted by Gasteiger charge is -2.38. The van der Waals surface area contributed by atoms with Crippen molar-refractivity contribution in [3.63, 3.8) is 0 Å². The maximum absolute atomic E-state index is 13.7. The molecule has 0 saturated carbocycles. The summed E-state index contributed by atoms with van der Waals surface area (Å²) in [4.78, 5) is 12.4. The molecular weight excluding hydrogens is 317 g/mol. The number of carbonyl (C=O) groups excluding carboxylic acids is 1. The third-order valence-corrected chi connectivity index (χ3v) is 7.42. The first-order chi connectivity index (χ1) is 10.3. The summed E-state index contributed by atoms with van der Waals surface area (Å²) < 4.78 is 64.8. The van der Waals surface area contributed by atoms with Gasteiger partial charge in [0.2, 0.25) is 0 Å². The Morgan fingerprint density at radius 3 is 2.00 bits per heavy atom. The van der Waals surface area contributed by atoms with Gasteiger partial charge in [0.15, 0.2) is 15.6 Å². The lowest BCUT2D eigenvalue weighted by atomic mass is 9.84. The number of Topliss-reactive ketones (excluding diaryl/α,β-unsaturated/α-hetero) is 1. The van der Waals surface area contributed by atoms with Crippen LogP contribution in [0.1, 0.15) is 42.5 Å². The van der Waals surface area contributed by atoms with Crippen LogP contribution in [0.5, 0.6) is 0 Å². The van der Waals surface area contributed by atoms with E-state index in [1.807, 2.05) is 0 Å². The minimum Gasteiger partial charge on any atom is -0.294 e. The summed E-state index contributed by atoms with van der Waals surface area (Å²) in [6.45, 7) is 0. The average molecular weight is 332 g/mol. The Hall–Kier alpha value is -1.37. The molecule has 3 nitrogen and oxygen atoms in total. The smallest absolute Gasteiger partial charge is 0.171 e. The van der Waals surface area contributed by atoms with Crippen LogP contribution in [0.4, 0.5) is 13.2 Å². The Labute approximate surface area is 126 Å². The Balaban J connectivity index is 1.92. The first-order valence-electron chi connectivity index (χ1n) is 7.22. The van der Waals surface area contributed by atoms with Gasteiger partial charge in [0.25, 0.3) is 0 Å². The van der Waals surface area contributed by atoms with Crippen LogP contribution in [0, 0.1) is 23.4 Å². The van der Waals surface area contributed by atoms with Gasteiger partial charge in [-0.05, 0) is 25.7 Å². The monoisotopic (exact) mass is 332 g/mol. The average Bonchev–Trinajstić information content (AvgIpc) is 2.35. The molecule has 0 amide bonds. The second kappa shape index (κ2) is 5.37. The van der Waals surface area contributed by atoms with Crippen LogP contribution in [-0.2, 0) is 9.84 Å². The summed E-state index contributed by atoms with van der Waals surface area (Å²) in [5, 5.41) is -1.22. The van der Waals surface area contributed by atoms with Crippen molar-refractivity contribution in [3.05, 3.63) is 35.1 Å². The number of hydrogen-bond acceptors (Lipinski definition) is 3. The van der Waals surface area contributed by atoms with Crippen molar-refractivity contribution in [2.45, 2.75) is 42.6 Å². The van der Waals surface area contributed by atoms with E-state index in [-0.39, 0.29) is 12.8 Å². The zero-order valence-electron chi connectivity index (χ0n) is 11.7. The molecule has 120 valence electrons. The Morgan fingerprint density at radius 1 is 1.00 bits per heavy atom. The molecule has 3 rings (SSSR count). The van der Waals surface area contributed by atoms with E-state index in [2.05, 4.69) is 0 Å². The lowest BCUT2D eigenvalue weighted by Crippen LogP contribution is -2.45. The largest absolute Gasteiger partial charge is 0.294 e. The van der Waals surface area contributed by atoms with Crippen LogP contribution >= 0.6 is 0 Å². The Morgan fingerprint density at radius 2 is 1.50 bits per heavy atom. The fraction of sp³-hybridized carbons (Fsp3) is 0.533. The second-order valence-electron chi connectivity index (χ2n) is 6.04. The summed E-state index contributed by atoms with van der Waals surface area (Å²) in [7, 11) is -3.24. The SMILES string of the molecule is O=C(c1c(F)cc(F)cc1F)C1CC2CCCC(C1)S2(=O)=O. The third-order valence-electron chi connectivity index (χ3n) is 4.70. The molecular formula is C15H15F3O3S. The maximum atomic E-state index is 13.7. The number of sulfone groups is 1. The summed E-state index contributed by atoms with van der Waals surface area (Å²) in [6, 6.07) is 0.938. The molecule has 1 aromatic rings. The molecule has 7 heteroatoms. The molecule has 2 atom stereocenters. The topological polar surface area (TPSA) is 51.2 Å². The first kappa shape index (κ1) is 15.5. The van der Waals surface area contributed by atoms with E-state index in [4.69, 9.17) is 0 Å². The predicted molar refractivity (Wildman–Crippen MR) is 73.7 cm³/mol. The molecule has 2 saturated heterocycles. The van der Waals surface area contributed by atoms with Gasteiger partial charge in [0.1, 0.15) is 17.5 Å². The second-order valence-corrected chi connectivity index (χ2v) is 8.55. The standard InChI is InChI=1S/C15H15F3O3S/c16-9-6-12(17)14(13(18)7-9)15(19)8-4-10-2-1-3-11(5-8)22(10,20)21/h6-8,10-11H,1-5H2. The zero-order valence-corrected chi connectivity index (χ0v) is 12.5. The molecule has 2 aliphatic rings. The van der Waals surface area contributed by atoms with E-state index in [9.17, 15) is 26.4 Å². The van der Waals surface area contributed by atoms with Crippen molar-refractivity contribution >= 4 is 15.6 Å². The summed E-state index contributed by atoms with van der Waals surface area (Å²) in [6.07, 6.45) is 1.94. The number of rotatable bonds is 2. The van der Waals surface area contributed by atoms with Crippen molar-refractivity contribution in [1.29, 1.82) is 0 Å². The van der Waals surface area contributed by atoms with Gasteiger partial charge in [-0.1, -0.05) is 6.42 Å². The van der Waals surface area contributed by atoms with Gasteiger partial charge in [0.05, 0.1) is 16.1 Å². The molecule has 0 aromatic heterocycles. The van der Waals surface area contributed by atoms with Crippen LogP contribution in [0.15, 0.2) is 12.1 Å². The highest BCUT2D eigenvalue weighted by atomic mass is 32.2. The van der Waals surface area contributed by atoms with Crippen LogP contribution in [0.2, 0.25) is 0 Å². The highest BCUT2D eigenvalue weighted by Crippen LogP contribution is 2.40. The van der Waals surface area contributed by atoms with Gasteiger partial charge in [-0.15, -0.1) is 0 Å². The summed E-state index contributed by atoms with van der Waals surface area (Å²) >= 11 is 0. The molecule has 2 fully saturated rings. The number of fused-ring (bicyclic) bond motifs is 2. The number of benzene rings is 1. The molecule has 0 N–H and O–H groups in total. The first-order valence-corrected chi connectivity index (χ1v) is 8.83. The van der Waals surface area contributed by atoms with Crippen molar-refractivity contribution < 1.29 is 26.4 Å². The molecule has 0 aliphatic carbocycles. The highest BCUT2D eigenvalue weighted by Gasteiger charge is 2.46. The lowest BCUT2D eigenvalue weighted by molar-refractivity contribution is 0.0885. The quantitative estimate of drug-likeness (QED) is 0.782. The van der Waals surface area contributed by atoms with Crippen LogP contribution in [0.25, 0.3) is 0 Å². The van der Waals surface area contributed by atoms with Crippen LogP contribution in [-0.4, -0.2) is 24.7 Å². The van der Waals surface area contributed by atoms with Crippen molar-refractivity contribution in [2.24, 2.45) is 5.92 Å². The molecule has 2 bridgehead atoms. The number of carbonyl (C=O) groups is 1. The van der Waals surface area contributed by atoms with E-state index >= 15 is 0 Å². The predicted octanol–water partition coefficient (Wildman–Crippen LogP) is 3.03. The van der Waals surface area contributed by atoms with Crippen LogP contribution < -0.4 is 0 Å².